The van der Waals surface area contributed by atoms with E-state index in [1.807, 2.05) is 12.1 Å². The van der Waals surface area contributed by atoms with Crippen LogP contribution in [0, 0.1) is 0 Å². The monoisotopic (exact) mass is 329 g/mol. The van der Waals surface area contributed by atoms with Gasteiger partial charge in [-0.1, -0.05) is 12.1 Å². The Hall–Kier alpha value is -2.21. The zero-order valence-corrected chi connectivity index (χ0v) is 13.7. The van der Waals surface area contributed by atoms with E-state index >= 15 is 0 Å². The highest BCUT2D eigenvalue weighted by molar-refractivity contribution is 6.01. The third-order valence-electron chi connectivity index (χ3n) is 4.88. The van der Waals surface area contributed by atoms with Crippen molar-refractivity contribution in [2.24, 2.45) is 0 Å². The van der Waals surface area contributed by atoms with E-state index in [1.54, 1.807) is 0 Å². The van der Waals surface area contributed by atoms with Crippen molar-refractivity contribution in [3.05, 3.63) is 29.8 Å². The molecule has 2 heterocycles. The van der Waals surface area contributed by atoms with E-state index in [4.69, 9.17) is 0 Å². The van der Waals surface area contributed by atoms with Crippen molar-refractivity contribution in [3.63, 3.8) is 0 Å². The second-order valence-electron chi connectivity index (χ2n) is 6.51. The average molecular weight is 329 g/mol. The van der Waals surface area contributed by atoms with Crippen LogP contribution < -0.4 is 10.6 Å². The summed E-state index contributed by atoms with van der Waals surface area (Å²) in [5.74, 6) is 0.0738. The van der Waals surface area contributed by atoms with Crippen LogP contribution in [0.25, 0.3) is 0 Å². The molecule has 0 bridgehead atoms. The minimum atomic E-state index is -0.347. The zero-order valence-electron chi connectivity index (χ0n) is 13.7. The molecule has 1 aromatic carbocycles. The Morgan fingerprint density at radius 1 is 1.12 bits per heavy atom. The first kappa shape index (κ1) is 16.6. The number of hydrogen-bond acceptors (Lipinski definition) is 5. The lowest BCUT2D eigenvalue weighted by molar-refractivity contribution is -0.133. The standard InChI is InChI=1S/C18H23N3O3/c22-12-11-21-9-7-14(8-10-21)13-1-3-15(4-2-13)19-16-5-6-17(23)20-18(16)24/h1-4,12,14,16,19H,5-11H2,(H,20,23,24). The van der Waals surface area contributed by atoms with Gasteiger partial charge in [0.1, 0.15) is 12.3 Å². The van der Waals surface area contributed by atoms with E-state index < -0.39 is 0 Å². The van der Waals surface area contributed by atoms with Crippen molar-refractivity contribution in [2.75, 3.05) is 25.0 Å². The van der Waals surface area contributed by atoms with Gasteiger partial charge in [0.05, 0.1) is 6.54 Å². The molecule has 0 aromatic heterocycles. The number of imide groups is 1. The van der Waals surface area contributed by atoms with Crippen LogP contribution in [0.1, 0.15) is 37.2 Å². The number of nitrogens with one attached hydrogen (secondary N) is 2. The Balaban J connectivity index is 1.55. The van der Waals surface area contributed by atoms with Crippen molar-refractivity contribution in [1.82, 2.24) is 10.2 Å². The molecule has 2 amide bonds. The van der Waals surface area contributed by atoms with E-state index in [9.17, 15) is 14.4 Å². The highest BCUT2D eigenvalue weighted by atomic mass is 16.2. The molecule has 2 N–H and O–H groups in total. The fourth-order valence-electron chi connectivity index (χ4n) is 3.44. The third kappa shape index (κ3) is 4.00. The van der Waals surface area contributed by atoms with Crippen molar-refractivity contribution in [2.45, 2.75) is 37.6 Å². The number of anilines is 1. The number of aldehydes is 1. The highest BCUT2D eigenvalue weighted by Gasteiger charge is 2.26. The predicted octanol–water partition coefficient (Wildman–Crippen LogP) is 1.28. The molecule has 6 heteroatoms. The van der Waals surface area contributed by atoms with Gasteiger partial charge in [0.2, 0.25) is 11.8 Å². The van der Waals surface area contributed by atoms with Crippen molar-refractivity contribution in [1.29, 1.82) is 0 Å². The van der Waals surface area contributed by atoms with Crippen LogP contribution in [0.2, 0.25) is 0 Å². The van der Waals surface area contributed by atoms with Gasteiger partial charge in [-0.15, -0.1) is 0 Å². The summed E-state index contributed by atoms with van der Waals surface area (Å²) >= 11 is 0. The van der Waals surface area contributed by atoms with Gasteiger partial charge in [0.25, 0.3) is 0 Å². The second-order valence-corrected chi connectivity index (χ2v) is 6.51. The Labute approximate surface area is 141 Å². The number of hydrogen-bond donors (Lipinski definition) is 2. The molecule has 2 saturated heterocycles. The van der Waals surface area contributed by atoms with Crippen LogP contribution >= 0.6 is 0 Å². The van der Waals surface area contributed by atoms with Crippen molar-refractivity contribution >= 4 is 23.8 Å². The second kappa shape index (κ2) is 7.57. The molecule has 2 aliphatic heterocycles. The lowest BCUT2D eigenvalue weighted by Crippen LogP contribution is -2.47. The summed E-state index contributed by atoms with van der Waals surface area (Å²) in [6.45, 7) is 2.45. The first-order valence-corrected chi connectivity index (χ1v) is 8.52. The largest absolute Gasteiger partial charge is 0.374 e. The Morgan fingerprint density at radius 3 is 2.46 bits per heavy atom. The molecule has 1 atom stereocenters. The first-order chi connectivity index (χ1) is 11.7. The number of likely N-dealkylation sites (tertiary alicyclic amines) is 1. The SMILES string of the molecule is O=CCN1CCC(c2ccc(NC3CCC(=O)NC3=O)cc2)CC1. The van der Waals surface area contributed by atoms with Crippen LogP contribution in [0.4, 0.5) is 5.69 Å². The number of amides is 2. The van der Waals surface area contributed by atoms with Crippen molar-refractivity contribution < 1.29 is 14.4 Å². The normalized spacial score (nSPS) is 22.9. The molecule has 0 aliphatic carbocycles. The number of carbonyl (C=O) groups excluding carboxylic acids is 3. The molecular weight excluding hydrogens is 306 g/mol. The molecule has 1 aromatic rings. The number of nitrogens with zero attached hydrogens (tertiary/aromatic N) is 1. The van der Waals surface area contributed by atoms with Gasteiger partial charge in [0.15, 0.2) is 0 Å². The summed E-state index contributed by atoms with van der Waals surface area (Å²) in [5.41, 5.74) is 2.20. The molecule has 0 spiro atoms. The summed E-state index contributed by atoms with van der Waals surface area (Å²) in [6, 6.07) is 7.86. The lowest BCUT2D eigenvalue weighted by Gasteiger charge is -2.31. The van der Waals surface area contributed by atoms with E-state index in [-0.39, 0.29) is 17.9 Å². The zero-order chi connectivity index (χ0) is 16.9. The molecule has 1 unspecified atom stereocenters. The minimum Gasteiger partial charge on any atom is -0.374 e. The van der Waals surface area contributed by atoms with Gasteiger partial charge in [-0.2, -0.15) is 0 Å². The third-order valence-corrected chi connectivity index (χ3v) is 4.88. The molecular formula is C18H23N3O3. The van der Waals surface area contributed by atoms with Gasteiger partial charge >= 0.3 is 0 Å². The lowest BCUT2D eigenvalue weighted by atomic mass is 9.89. The Kier molecular flexibility index (Phi) is 5.25. The number of rotatable bonds is 5. The fraction of sp³-hybridized carbons (Fsp3) is 0.500. The Morgan fingerprint density at radius 2 is 1.83 bits per heavy atom. The predicted molar refractivity (Wildman–Crippen MR) is 90.7 cm³/mol. The van der Waals surface area contributed by atoms with E-state index in [2.05, 4.69) is 27.7 Å². The van der Waals surface area contributed by atoms with Crippen LogP contribution in [-0.2, 0) is 14.4 Å². The molecule has 0 saturated carbocycles. The molecule has 24 heavy (non-hydrogen) atoms. The summed E-state index contributed by atoms with van der Waals surface area (Å²) in [4.78, 5) is 35.7. The van der Waals surface area contributed by atoms with Gasteiger partial charge < -0.3 is 10.1 Å². The summed E-state index contributed by atoms with van der Waals surface area (Å²) in [5, 5.41) is 5.55. The van der Waals surface area contributed by atoms with Gasteiger partial charge in [-0.3, -0.25) is 19.8 Å². The quantitative estimate of drug-likeness (QED) is 0.628. The fourth-order valence-corrected chi connectivity index (χ4v) is 3.44. The minimum absolute atomic E-state index is 0.200. The number of carbonyl (C=O) groups is 3. The summed E-state index contributed by atoms with van der Waals surface area (Å²) in [6.07, 6.45) is 4.00. The van der Waals surface area contributed by atoms with E-state index in [0.29, 0.717) is 25.3 Å². The molecule has 2 aliphatic rings. The number of piperidine rings is 2. The molecule has 2 fully saturated rings. The smallest absolute Gasteiger partial charge is 0.249 e. The molecule has 3 rings (SSSR count). The summed E-state index contributed by atoms with van der Waals surface area (Å²) < 4.78 is 0. The highest BCUT2D eigenvalue weighted by Crippen LogP contribution is 2.28. The molecule has 0 radical (unpaired) electrons. The first-order valence-electron chi connectivity index (χ1n) is 8.52. The van der Waals surface area contributed by atoms with E-state index in [1.165, 1.54) is 5.56 Å². The van der Waals surface area contributed by atoms with Gasteiger partial charge in [-0.25, -0.2) is 0 Å². The maximum atomic E-state index is 11.8. The average Bonchev–Trinajstić information content (AvgIpc) is 2.59. The topological polar surface area (TPSA) is 78.5 Å². The summed E-state index contributed by atoms with van der Waals surface area (Å²) in [7, 11) is 0. The van der Waals surface area contributed by atoms with Gasteiger partial charge in [0, 0.05) is 12.1 Å². The maximum Gasteiger partial charge on any atom is 0.249 e. The van der Waals surface area contributed by atoms with E-state index in [0.717, 1.165) is 37.9 Å². The van der Waals surface area contributed by atoms with Crippen LogP contribution in [0.3, 0.4) is 0 Å². The van der Waals surface area contributed by atoms with Crippen LogP contribution in [-0.4, -0.2) is 48.7 Å². The van der Waals surface area contributed by atoms with Crippen molar-refractivity contribution in [3.8, 4) is 0 Å². The van der Waals surface area contributed by atoms with Crippen LogP contribution in [0.15, 0.2) is 24.3 Å². The molecule has 128 valence electrons. The molecule has 6 nitrogen and oxygen atoms in total. The van der Waals surface area contributed by atoms with Gasteiger partial charge in [-0.05, 0) is 56.0 Å². The van der Waals surface area contributed by atoms with Crippen LogP contribution in [0.5, 0.6) is 0 Å². The maximum absolute atomic E-state index is 11.8. The Bertz CT molecular complexity index is 606. The number of benzene rings is 1.